The Balaban J connectivity index is 2.01. The van der Waals surface area contributed by atoms with Gasteiger partial charge in [0.2, 0.25) is 0 Å². The van der Waals surface area contributed by atoms with Crippen molar-refractivity contribution in [1.29, 1.82) is 0 Å². The minimum absolute atomic E-state index is 0.0233. The molecule has 124 valence electrons. The van der Waals surface area contributed by atoms with Crippen molar-refractivity contribution in [3.63, 3.8) is 0 Å². The van der Waals surface area contributed by atoms with Crippen molar-refractivity contribution in [2.45, 2.75) is 38.7 Å². The van der Waals surface area contributed by atoms with E-state index in [9.17, 15) is 14.0 Å². The second-order valence-electron chi connectivity index (χ2n) is 5.77. The van der Waals surface area contributed by atoms with Crippen molar-refractivity contribution in [3.05, 3.63) is 34.1 Å². The molecule has 2 aliphatic rings. The highest BCUT2D eigenvalue weighted by atomic mass is 35.5. The minimum atomic E-state index is -0.762. The Kier molecular flexibility index (Phi) is 4.33. The maximum atomic E-state index is 14.4. The molecule has 0 saturated carbocycles. The summed E-state index contributed by atoms with van der Waals surface area (Å²) in [6.07, 6.45) is 7.47. The van der Waals surface area contributed by atoms with Crippen LogP contribution in [0.25, 0.3) is 0 Å². The first-order chi connectivity index (χ1) is 11.4. The Morgan fingerprint density at radius 1 is 1.25 bits per heavy atom. The summed E-state index contributed by atoms with van der Waals surface area (Å²) in [5.74, 6) is 0.807. The fourth-order valence-corrected chi connectivity index (χ4v) is 3.16. The lowest BCUT2D eigenvalue weighted by molar-refractivity contribution is -0.120. The van der Waals surface area contributed by atoms with E-state index in [1.165, 1.54) is 6.07 Å². The van der Waals surface area contributed by atoms with E-state index in [1.807, 2.05) is 0 Å². The van der Waals surface area contributed by atoms with E-state index in [4.69, 9.17) is 22.8 Å². The van der Waals surface area contributed by atoms with Gasteiger partial charge in [-0.25, -0.2) is 9.29 Å². The number of carbonyl (C=O) groups excluding carboxylic acids is 2. The SMILES string of the molecule is C#C[C@@H](C)Oc1cc(N2C(=O)C3=C(CCCC3)C2=O)c(F)cc1Cl. The molecule has 4 nitrogen and oxygen atoms in total. The second kappa shape index (κ2) is 6.29. The van der Waals surface area contributed by atoms with Gasteiger partial charge in [0.15, 0.2) is 6.10 Å². The highest BCUT2D eigenvalue weighted by Gasteiger charge is 2.41. The Morgan fingerprint density at radius 3 is 2.38 bits per heavy atom. The Bertz CT molecular complexity index is 781. The zero-order valence-corrected chi connectivity index (χ0v) is 13.8. The molecule has 0 spiro atoms. The van der Waals surface area contributed by atoms with Gasteiger partial charge in [0.1, 0.15) is 11.6 Å². The van der Waals surface area contributed by atoms with Gasteiger partial charge < -0.3 is 4.74 Å². The molecule has 0 radical (unpaired) electrons. The van der Waals surface area contributed by atoms with E-state index < -0.39 is 23.7 Å². The number of carbonyl (C=O) groups is 2. The highest BCUT2D eigenvalue weighted by molar-refractivity contribution is 6.34. The number of benzene rings is 1. The first-order valence-corrected chi connectivity index (χ1v) is 8.04. The predicted molar refractivity (Wildman–Crippen MR) is 88.3 cm³/mol. The van der Waals surface area contributed by atoms with Crippen molar-refractivity contribution in [2.24, 2.45) is 0 Å². The van der Waals surface area contributed by atoms with Crippen LogP contribution in [0.4, 0.5) is 10.1 Å². The third kappa shape index (κ3) is 2.67. The normalized spacial score (nSPS) is 18.5. The Hall–Kier alpha value is -2.32. The van der Waals surface area contributed by atoms with Crippen molar-refractivity contribution in [1.82, 2.24) is 0 Å². The van der Waals surface area contributed by atoms with Crippen molar-refractivity contribution < 1.29 is 18.7 Å². The van der Waals surface area contributed by atoms with Gasteiger partial charge in [-0.2, -0.15) is 0 Å². The third-order valence-corrected chi connectivity index (χ3v) is 4.47. The van der Waals surface area contributed by atoms with Crippen LogP contribution >= 0.6 is 11.6 Å². The molecule has 0 N–H and O–H groups in total. The zero-order chi connectivity index (χ0) is 17.4. The van der Waals surface area contributed by atoms with Crippen LogP contribution in [0.2, 0.25) is 5.02 Å². The zero-order valence-electron chi connectivity index (χ0n) is 13.1. The number of ether oxygens (including phenoxy) is 1. The van der Waals surface area contributed by atoms with Crippen molar-refractivity contribution >= 4 is 29.1 Å². The van der Waals surface area contributed by atoms with Crippen molar-refractivity contribution in [3.8, 4) is 18.1 Å². The van der Waals surface area contributed by atoms with Crippen LogP contribution in [-0.2, 0) is 9.59 Å². The van der Waals surface area contributed by atoms with Gasteiger partial charge in [0.25, 0.3) is 11.8 Å². The maximum Gasteiger partial charge on any atom is 0.261 e. The number of rotatable bonds is 3. The number of imide groups is 1. The van der Waals surface area contributed by atoms with E-state index in [0.717, 1.165) is 23.8 Å². The molecule has 0 bridgehead atoms. The second-order valence-corrected chi connectivity index (χ2v) is 6.18. The molecule has 3 rings (SSSR count). The topological polar surface area (TPSA) is 46.6 Å². The summed E-state index contributed by atoms with van der Waals surface area (Å²) in [7, 11) is 0. The van der Waals surface area contributed by atoms with Crippen LogP contribution in [-0.4, -0.2) is 17.9 Å². The average molecular weight is 348 g/mol. The van der Waals surface area contributed by atoms with Gasteiger partial charge in [-0.05, 0) is 38.7 Å². The minimum Gasteiger partial charge on any atom is -0.476 e. The maximum absolute atomic E-state index is 14.4. The number of amides is 2. The Labute approximate surface area is 144 Å². The molecule has 1 heterocycles. The van der Waals surface area contributed by atoms with Gasteiger partial charge in [0, 0.05) is 17.2 Å². The molecule has 0 saturated heterocycles. The van der Waals surface area contributed by atoms with Crippen LogP contribution in [0.15, 0.2) is 23.3 Å². The van der Waals surface area contributed by atoms with Crippen LogP contribution in [0.1, 0.15) is 32.6 Å². The summed E-state index contributed by atoms with van der Waals surface area (Å²) in [6, 6.07) is 2.27. The summed E-state index contributed by atoms with van der Waals surface area (Å²) in [5.41, 5.74) is 0.808. The summed E-state index contributed by atoms with van der Waals surface area (Å²) >= 11 is 5.97. The predicted octanol–water partition coefficient (Wildman–Crippen LogP) is 3.62. The first kappa shape index (κ1) is 16.5. The number of anilines is 1. The fourth-order valence-electron chi connectivity index (χ4n) is 2.96. The number of hydrogen-bond donors (Lipinski definition) is 0. The molecule has 1 aliphatic carbocycles. The fraction of sp³-hybridized carbons (Fsp3) is 0.333. The van der Waals surface area contributed by atoms with Crippen LogP contribution in [0, 0.1) is 18.2 Å². The lowest BCUT2D eigenvalue weighted by Crippen LogP contribution is -2.32. The number of hydrogen-bond acceptors (Lipinski definition) is 3. The van der Waals surface area contributed by atoms with Crippen molar-refractivity contribution in [2.75, 3.05) is 4.90 Å². The monoisotopic (exact) mass is 347 g/mol. The van der Waals surface area contributed by atoms with Gasteiger partial charge in [0.05, 0.1) is 10.7 Å². The molecule has 0 aromatic heterocycles. The molecule has 1 atom stereocenters. The standard InChI is InChI=1S/C18H15ClFNO3/c1-3-10(2)24-16-9-15(14(20)8-13(16)19)21-17(22)11-6-4-5-7-12(11)18(21)23/h1,8-10H,4-7H2,2H3/t10-/m1/s1. The van der Waals surface area contributed by atoms with Gasteiger partial charge in [-0.15, -0.1) is 6.42 Å². The quantitative estimate of drug-likeness (QED) is 0.619. The van der Waals surface area contributed by atoms with E-state index in [1.54, 1.807) is 6.92 Å². The lowest BCUT2D eigenvalue weighted by Gasteiger charge is -2.19. The smallest absolute Gasteiger partial charge is 0.261 e. The first-order valence-electron chi connectivity index (χ1n) is 7.66. The van der Waals surface area contributed by atoms with E-state index in [0.29, 0.717) is 24.0 Å². The van der Waals surface area contributed by atoms with Crippen LogP contribution in [0.5, 0.6) is 5.75 Å². The molecule has 1 aromatic carbocycles. The molecule has 24 heavy (non-hydrogen) atoms. The molecule has 1 aromatic rings. The highest BCUT2D eigenvalue weighted by Crippen LogP contribution is 2.39. The molecule has 0 unspecified atom stereocenters. The number of halogens is 2. The van der Waals surface area contributed by atoms with Gasteiger partial charge in [-0.1, -0.05) is 17.5 Å². The summed E-state index contributed by atoms with van der Waals surface area (Å²) in [4.78, 5) is 26.0. The van der Waals surface area contributed by atoms with Gasteiger partial charge in [-0.3, -0.25) is 9.59 Å². The summed E-state index contributed by atoms with van der Waals surface area (Å²) in [5, 5.41) is 0.0233. The van der Waals surface area contributed by atoms with E-state index >= 15 is 0 Å². The molecule has 2 amide bonds. The number of terminal acetylenes is 1. The van der Waals surface area contributed by atoms with Gasteiger partial charge >= 0.3 is 0 Å². The Morgan fingerprint density at radius 2 is 1.83 bits per heavy atom. The largest absolute Gasteiger partial charge is 0.476 e. The molecule has 1 aliphatic heterocycles. The summed E-state index contributed by atoms with van der Waals surface area (Å²) in [6.45, 7) is 1.63. The lowest BCUT2D eigenvalue weighted by atomic mass is 9.93. The van der Waals surface area contributed by atoms with Crippen LogP contribution < -0.4 is 9.64 Å². The summed E-state index contributed by atoms with van der Waals surface area (Å²) < 4.78 is 19.8. The van der Waals surface area contributed by atoms with Crippen LogP contribution in [0.3, 0.4) is 0 Å². The molecular weight excluding hydrogens is 333 g/mol. The third-order valence-electron chi connectivity index (χ3n) is 4.17. The number of nitrogens with zero attached hydrogens (tertiary/aromatic N) is 1. The molecule has 6 heteroatoms. The molecular formula is C18H15ClFNO3. The average Bonchev–Trinajstić information content (AvgIpc) is 2.82. The molecule has 0 fully saturated rings. The van der Waals surface area contributed by atoms with E-state index in [2.05, 4.69) is 5.92 Å². The van der Waals surface area contributed by atoms with E-state index in [-0.39, 0.29) is 16.5 Å².